The highest BCUT2D eigenvalue weighted by Gasteiger charge is 2.17. The van der Waals surface area contributed by atoms with E-state index in [0.29, 0.717) is 12.4 Å². The summed E-state index contributed by atoms with van der Waals surface area (Å²) in [4.78, 5) is 23.6. The molecular formula is C19H18N4O3S. The number of amides is 1. The van der Waals surface area contributed by atoms with Gasteiger partial charge in [0.25, 0.3) is 5.69 Å². The van der Waals surface area contributed by atoms with Crippen LogP contribution >= 0.6 is 11.8 Å². The fourth-order valence-electron chi connectivity index (χ4n) is 2.45. The summed E-state index contributed by atoms with van der Waals surface area (Å²) in [5, 5.41) is 17.5. The Morgan fingerprint density at radius 2 is 1.89 bits per heavy atom. The average molecular weight is 382 g/mol. The van der Waals surface area contributed by atoms with Gasteiger partial charge in [0.05, 0.1) is 22.9 Å². The zero-order chi connectivity index (χ0) is 19.2. The maximum Gasteiger partial charge on any atom is 0.269 e. The van der Waals surface area contributed by atoms with Crippen LogP contribution in [0.4, 0.5) is 11.5 Å². The number of carbonyl (C=O) groups is 1. The lowest BCUT2D eigenvalue weighted by Gasteiger charge is -2.13. The molecule has 0 bridgehead atoms. The number of nitro groups is 1. The van der Waals surface area contributed by atoms with Gasteiger partial charge in [-0.15, -0.1) is 11.8 Å². The molecule has 0 aliphatic heterocycles. The molecule has 3 rings (SSSR count). The van der Waals surface area contributed by atoms with Crippen LogP contribution in [0.15, 0.2) is 71.8 Å². The Labute approximate surface area is 160 Å². The molecule has 0 spiro atoms. The molecule has 0 radical (unpaired) electrons. The molecule has 1 N–H and O–H groups in total. The molecule has 0 fully saturated rings. The molecule has 0 saturated carbocycles. The number of benzene rings is 2. The largest absolute Gasteiger partial charge is 0.310 e. The van der Waals surface area contributed by atoms with E-state index in [4.69, 9.17) is 0 Å². The van der Waals surface area contributed by atoms with E-state index in [0.717, 1.165) is 10.5 Å². The van der Waals surface area contributed by atoms with Crippen molar-refractivity contribution in [3.63, 3.8) is 0 Å². The number of nitrogens with zero attached hydrogens (tertiary/aromatic N) is 3. The fourth-order valence-corrected chi connectivity index (χ4v) is 3.32. The molecule has 138 valence electrons. The molecule has 1 amide bonds. The number of hydrogen-bond donors (Lipinski definition) is 1. The first-order valence-electron chi connectivity index (χ1n) is 8.30. The minimum atomic E-state index is -0.446. The molecule has 3 aromatic rings. The lowest BCUT2D eigenvalue weighted by Crippen LogP contribution is -2.24. The zero-order valence-electron chi connectivity index (χ0n) is 14.6. The minimum absolute atomic E-state index is 0.0290. The van der Waals surface area contributed by atoms with Crippen molar-refractivity contribution in [2.45, 2.75) is 23.6 Å². The van der Waals surface area contributed by atoms with Gasteiger partial charge in [0.2, 0.25) is 5.91 Å². The summed E-state index contributed by atoms with van der Waals surface area (Å²) in [7, 11) is 0. The van der Waals surface area contributed by atoms with Crippen LogP contribution in [0.3, 0.4) is 0 Å². The quantitative estimate of drug-likeness (QED) is 0.379. The summed E-state index contributed by atoms with van der Waals surface area (Å²) >= 11 is 1.34. The maximum absolute atomic E-state index is 12.5. The Morgan fingerprint density at radius 3 is 2.56 bits per heavy atom. The Bertz CT molecular complexity index is 926. The second kappa shape index (κ2) is 8.50. The summed E-state index contributed by atoms with van der Waals surface area (Å²) in [6, 6.07) is 17.8. The number of nitro benzene ring substituents is 1. The van der Waals surface area contributed by atoms with Crippen molar-refractivity contribution in [3.8, 4) is 0 Å². The first-order chi connectivity index (χ1) is 13.0. The van der Waals surface area contributed by atoms with Gasteiger partial charge in [-0.1, -0.05) is 30.3 Å². The van der Waals surface area contributed by atoms with Crippen molar-refractivity contribution in [1.29, 1.82) is 0 Å². The van der Waals surface area contributed by atoms with Crippen LogP contribution in [0.2, 0.25) is 0 Å². The molecule has 2 aromatic carbocycles. The monoisotopic (exact) mass is 382 g/mol. The van der Waals surface area contributed by atoms with Crippen LogP contribution in [0.5, 0.6) is 0 Å². The molecule has 8 heteroatoms. The van der Waals surface area contributed by atoms with Crippen molar-refractivity contribution in [2.24, 2.45) is 0 Å². The number of nitrogens with one attached hydrogen (secondary N) is 1. The summed E-state index contributed by atoms with van der Waals surface area (Å²) in [6.45, 7) is 2.35. The molecule has 1 heterocycles. The van der Waals surface area contributed by atoms with Gasteiger partial charge in [-0.3, -0.25) is 14.9 Å². The van der Waals surface area contributed by atoms with E-state index in [9.17, 15) is 14.9 Å². The molecule has 0 aliphatic carbocycles. The number of carbonyl (C=O) groups excluding carboxylic acids is 1. The molecule has 1 aromatic heterocycles. The third-order valence-corrected chi connectivity index (χ3v) is 4.98. The Hall–Kier alpha value is -3.13. The van der Waals surface area contributed by atoms with Crippen molar-refractivity contribution < 1.29 is 9.72 Å². The molecular weight excluding hydrogens is 364 g/mol. The van der Waals surface area contributed by atoms with E-state index in [1.165, 1.54) is 23.9 Å². The van der Waals surface area contributed by atoms with Gasteiger partial charge in [0.1, 0.15) is 5.82 Å². The highest BCUT2D eigenvalue weighted by Crippen LogP contribution is 2.26. The SMILES string of the molecule is CC(Sc1ccc([N+](=O)[O-])cc1)C(=O)Nc1ccnn1Cc1ccccc1. The van der Waals surface area contributed by atoms with Crippen LogP contribution in [0, 0.1) is 10.1 Å². The van der Waals surface area contributed by atoms with Gasteiger partial charge in [0.15, 0.2) is 0 Å². The van der Waals surface area contributed by atoms with Crippen LogP contribution in [0.25, 0.3) is 0 Å². The standard InChI is InChI=1S/C19H18N4O3S/c1-14(27-17-9-7-16(8-10-17)23(25)26)19(24)21-18-11-12-20-22(18)13-15-5-3-2-4-6-15/h2-12,14H,13H2,1H3,(H,21,24). The normalized spacial score (nSPS) is 11.7. The van der Waals surface area contributed by atoms with E-state index in [2.05, 4.69) is 10.4 Å². The van der Waals surface area contributed by atoms with Crippen LogP contribution in [0.1, 0.15) is 12.5 Å². The van der Waals surface area contributed by atoms with Crippen molar-refractivity contribution in [2.75, 3.05) is 5.32 Å². The number of hydrogen-bond acceptors (Lipinski definition) is 5. The molecule has 1 unspecified atom stereocenters. The summed E-state index contributed by atoms with van der Waals surface area (Å²) in [5.41, 5.74) is 1.12. The smallest absolute Gasteiger partial charge is 0.269 e. The predicted octanol–water partition coefficient (Wildman–Crippen LogP) is 3.96. The fraction of sp³-hybridized carbons (Fsp3) is 0.158. The summed E-state index contributed by atoms with van der Waals surface area (Å²) in [6.07, 6.45) is 1.65. The lowest BCUT2D eigenvalue weighted by atomic mass is 10.2. The number of rotatable bonds is 7. The Balaban J connectivity index is 1.61. The molecule has 27 heavy (non-hydrogen) atoms. The van der Waals surface area contributed by atoms with Gasteiger partial charge in [0, 0.05) is 23.1 Å². The van der Waals surface area contributed by atoms with Gasteiger partial charge >= 0.3 is 0 Å². The van der Waals surface area contributed by atoms with Crippen molar-refractivity contribution >= 4 is 29.2 Å². The predicted molar refractivity (Wildman–Crippen MR) is 105 cm³/mol. The van der Waals surface area contributed by atoms with Gasteiger partial charge in [-0.05, 0) is 24.6 Å². The third kappa shape index (κ3) is 4.95. The second-order valence-electron chi connectivity index (χ2n) is 5.86. The zero-order valence-corrected chi connectivity index (χ0v) is 15.4. The maximum atomic E-state index is 12.5. The van der Waals surface area contributed by atoms with E-state index in [-0.39, 0.29) is 16.8 Å². The van der Waals surface area contributed by atoms with E-state index in [1.54, 1.807) is 36.0 Å². The first kappa shape index (κ1) is 18.7. The number of non-ortho nitro benzene ring substituents is 1. The van der Waals surface area contributed by atoms with Crippen LogP contribution in [-0.4, -0.2) is 25.9 Å². The van der Waals surface area contributed by atoms with E-state index >= 15 is 0 Å². The van der Waals surface area contributed by atoms with Crippen LogP contribution < -0.4 is 5.32 Å². The van der Waals surface area contributed by atoms with Gasteiger partial charge in [-0.25, -0.2) is 4.68 Å². The van der Waals surface area contributed by atoms with Crippen molar-refractivity contribution in [3.05, 3.63) is 82.5 Å². The molecule has 0 aliphatic rings. The third-order valence-electron chi connectivity index (χ3n) is 3.87. The number of anilines is 1. The molecule has 7 nitrogen and oxygen atoms in total. The van der Waals surface area contributed by atoms with E-state index in [1.807, 2.05) is 30.3 Å². The highest BCUT2D eigenvalue weighted by molar-refractivity contribution is 8.00. The lowest BCUT2D eigenvalue weighted by molar-refractivity contribution is -0.384. The first-order valence-corrected chi connectivity index (χ1v) is 9.18. The van der Waals surface area contributed by atoms with Gasteiger partial charge < -0.3 is 5.32 Å². The molecule has 1 atom stereocenters. The highest BCUT2D eigenvalue weighted by atomic mass is 32.2. The number of aromatic nitrogens is 2. The molecule has 0 saturated heterocycles. The van der Waals surface area contributed by atoms with E-state index < -0.39 is 4.92 Å². The van der Waals surface area contributed by atoms with Crippen molar-refractivity contribution in [1.82, 2.24) is 9.78 Å². The second-order valence-corrected chi connectivity index (χ2v) is 7.27. The Morgan fingerprint density at radius 1 is 1.19 bits per heavy atom. The average Bonchev–Trinajstić information content (AvgIpc) is 3.09. The van der Waals surface area contributed by atoms with Gasteiger partial charge in [-0.2, -0.15) is 5.10 Å². The number of thioether (sulfide) groups is 1. The minimum Gasteiger partial charge on any atom is -0.310 e. The summed E-state index contributed by atoms with van der Waals surface area (Å²) < 4.78 is 1.73. The topological polar surface area (TPSA) is 90.1 Å². The Kier molecular flexibility index (Phi) is 5.87. The van der Waals surface area contributed by atoms with Crippen LogP contribution in [-0.2, 0) is 11.3 Å². The summed E-state index contributed by atoms with van der Waals surface area (Å²) in [5.74, 6) is 0.466.